The summed E-state index contributed by atoms with van der Waals surface area (Å²) >= 11 is 0. The average Bonchev–Trinajstić information content (AvgIpc) is 2.88. The van der Waals surface area contributed by atoms with Gasteiger partial charge in [-0.1, -0.05) is 51.1 Å². The second-order valence-corrected chi connectivity index (χ2v) is 12.4. The van der Waals surface area contributed by atoms with Gasteiger partial charge < -0.3 is 9.22 Å². The van der Waals surface area contributed by atoms with Crippen LogP contribution in [0.15, 0.2) is 42.1 Å². The van der Waals surface area contributed by atoms with E-state index in [1.54, 1.807) is 0 Å². The molecule has 0 aliphatic carbocycles. The molecule has 0 fully saturated rings. The molecule has 5 heteroatoms. The Labute approximate surface area is 140 Å². The van der Waals surface area contributed by atoms with Crippen LogP contribution in [0.25, 0.3) is 0 Å². The van der Waals surface area contributed by atoms with Gasteiger partial charge in [-0.3, -0.25) is 10.3 Å². The lowest BCUT2D eigenvalue weighted by Crippen LogP contribution is -2.52. The Morgan fingerprint density at radius 1 is 1.26 bits per heavy atom. The van der Waals surface area contributed by atoms with Crippen molar-refractivity contribution in [3.63, 3.8) is 0 Å². The Hall–Kier alpha value is -1.43. The van der Waals surface area contributed by atoms with E-state index >= 15 is 0 Å². The smallest absolute Gasteiger partial charge is 0.193 e. The number of aldehydes is 1. The van der Waals surface area contributed by atoms with Crippen LogP contribution in [0.3, 0.4) is 0 Å². The third kappa shape index (κ3) is 3.41. The lowest BCUT2D eigenvalue weighted by atomic mass is 9.88. The number of hydrogen-bond acceptors (Lipinski definition) is 4. The summed E-state index contributed by atoms with van der Waals surface area (Å²) in [5.74, 6) is 0. The molecular formula is C18H27NO3Si. The lowest BCUT2D eigenvalue weighted by Gasteiger charge is -2.42. The van der Waals surface area contributed by atoms with Gasteiger partial charge in [0.05, 0.1) is 0 Å². The zero-order valence-electron chi connectivity index (χ0n) is 14.8. The Morgan fingerprint density at radius 3 is 2.30 bits per heavy atom. The number of hydrogen-bond donors (Lipinski definition) is 1. The quantitative estimate of drug-likeness (QED) is 0.655. The van der Waals surface area contributed by atoms with Crippen molar-refractivity contribution in [3.8, 4) is 0 Å². The number of carbonyl (C=O) groups is 1. The predicted molar refractivity (Wildman–Crippen MR) is 94.2 cm³/mol. The van der Waals surface area contributed by atoms with Crippen molar-refractivity contribution in [2.75, 3.05) is 0 Å². The van der Waals surface area contributed by atoms with E-state index in [1.165, 1.54) is 0 Å². The first-order chi connectivity index (χ1) is 10.6. The Balaban J connectivity index is 2.45. The number of benzene rings is 1. The van der Waals surface area contributed by atoms with Crippen LogP contribution < -0.4 is 5.48 Å². The summed E-state index contributed by atoms with van der Waals surface area (Å²) < 4.78 is 6.40. The summed E-state index contributed by atoms with van der Waals surface area (Å²) in [6.45, 7) is 12.7. The maximum absolute atomic E-state index is 11.9. The molecule has 0 saturated carbocycles. The van der Waals surface area contributed by atoms with Crippen LogP contribution in [-0.4, -0.2) is 20.7 Å². The standard InChI is InChI=1S/C18H27NO3Si/c1-14-12-18(22-19-14,15-10-8-7-9-11-15)16(13-20)21-23(5,6)17(2,3)4/h7-13,16,19H,1-6H3. The van der Waals surface area contributed by atoms with Crippen molar-refractivity contribution in [2.24, 2.45) is 0 Å². The minimum absolute atomic E-state index is 0.0108. The van der Waals surface area contributed by atoms with Crippen LogP contribution >= 0.6 is 0 Å². The van der Waals surface area contributed by atoms with Crippen molar-refractivity contribution in [3.05, 3.63) is 47.7 Å². The van der Waals surface area contributed by atoms with Crippen LogP contribution in [-0.2, 0) is 19.7 Å². The molecule has 23 heavy (non-hydrogen) atoms. The monoisotopic (exact) mass is 333 g/mol. The number of allylic oxidation sites excluding steroid dienone is 1. The molecule has 1 aliphatic rings. The molecule has 2 rings (SSSR count). The molecule has 2 unspecified atom stereocenters. The summed E-state index contributed by atoms with van der Waals surface area (Å²) in [7, 11) is -2.13. The van der Waals surface area contributed by atoms with E-state index in [4.69, 9.17) is 9.26 Å². The first-order valence-electron chi connectivity index (χ1n) is 7.94. The molecule has 0 bridgehead atoms. The van der Waals surface area contributed by atoms with Gasteiger partial charge in [-0.05, 0) is 36.7 Å². The summed E-state index contributed by atoms with van der Waals surface area (Å²) in [6, 6.07) is 9.75. The highest BCUT2D eigenvalue weighted by atomic mass is 28.4. The van der Waals surface area contributed by atoms with Gasteiger partial charge in [-0.15, -0.1) is 0 Å². The fraction of sp³-hybridized carbons (Fsp3) is 0.500. The molecule has 1 aliphatic heterocycles. The van der Waals surface area contributed by atoms with Crippen LogP contribution in [0.2, 0.25) is 18.1 Å². The van der Waals surface area contributed by atoms with Gasteiger partial charge >= 0.3 is 0 Å². The number of rotatable bonds is 5. The molecule has 0 saturated heterocycles. The average molecular weight is 334 g/mol. The minimum atomic E-state index is -2.13. The third-order valence-electron chi connectivity index (χ3n) is 4.81. The summed E-state index contributed by atoms with van der Waals surface area (Å²) in [4.78, 5) is 17.8. The number of hydroxylamine groups is 1. The molecule has 0 aromatic heterocycles. The van der Waals surface area contributed by atoms with Gasteiger partial charge in [0, 0.05) is 5.70 Å². The molecular weight excluding hydrogens is 306 g/mol. The second-order valence-electron chi connectivity index (χ2n) is 7.63. The highest BCUT2D eigenvalue weighted by Gasteiger charge is 2.49. The number of carbonyl (C=O) groups excluding carboxylic acids is 1. The first kappa shape index (κ1) is 17.9. The SMILES string of the molecule is CC1=CC(c2ccccc2)(C(C=O)O[Si](C)(C)C(C)(C)C)ON1. The van der Waals surface area contributed by atoms with Crippen molar-refractivity contribution in [2.45, 2.75) is 57.5 Å². The Morgan fingerprint density at radius 2 is 1.87 bits per heavy atom. The van der Waals surface area contributed by atoms with Crippen molar-refractivity contribution < 1.29 is 14.1 Å². The van der Waals surface area contributed by atoms with E-state index in [0.717, 1.165) is 17.5 Å². The maximum Gasteiger partial charge on any atom is 0.193 e. The largest absolute Gasteiger partial charge is 0.404 e. The van der Waals surface area contributed by atoms with E-state index in [0.29, 0.717) is 0 Å². The fourth-order valence-corrected chi connectivity index (χ4v) is 3.62. The molecule has 0 radical (unpaired) electrons. The highest BCUT2D eigenvalue weighted by molar-refractivity contribution is 6.74. The van der Waals surface area contributed by atoms with E-state index in [1.807, 2.05) is 43.3 Å². The van der Waals surface area contributed by atoms with Crippen molar-refractivity contribution >= 4 is 14.6 Å². The second kappa shape index (κ2) is 6.22. The molecule has 0 amide bonds. The van der Waals surface area contributed by atoms with Crippen molar-refractivity contribution in [1.82, 2.24) is 5.48 Å². The lowest BCUT2D eigenvalue weighted by molar-refractivity contribution is -0.138. The van der Waals surface area contributed by atoms with Gasteiger partial charge in [-0.25, -0.2) is 0 Å². The van der Waals surface area contributed by atoms with E-state index < -0.39 is 20.0 Å². The molecule has 1 N–H and O–H groups in total. The fourth-order valence-electron chi connectivity index (χ4n) is 2.40. The zero-order valence-corrected chi connectivity index (χ0v) is 15.8. The summed E-state index contributed by atoms with van der Waals surface area (Å²) in [5.41, 5.74) is 3.74. The van der Waals surface area contributed by atoms with Crippen LogP contribution in [0.1, 0.15) is 33.3 Å². The molecule has 4 nitrogen and oxygen atoms in total. The van der Waals surface area contributed by atoms with Gasteiger partial charge in [0.25, 0.3) is 0 Å². The summed E-state index contributed by atoms with van der Waals surface area (Å²) in [6.07, 6.45) is 2.11. The molecule has 1 aromatic rings. The summed E-state index contributed by atoms with van der Waals surface area (Å²) in [5, 5.41) is 0.0108. The predicted octanol–water partition coefficient (Wildman–Crippen LogP) is 3.91. The van der Waals surface area contributed by atoms with Crippen LogP contribution in [0, 0.1) is 0 Å². The minimum Gasteiger partial charge on any atom is -0.404 e. The normalized spacial score (nSPS) is 23.1. The molecule has 0 spiro atoms. The zero-order chi connectivity index (χ0) is 17.3. The highest BCUT2D eigenvalue weighted by Crippen LogP contribution is 2.42. The van der Waals surface area contributed by atoms with Gasteiger partial charge in [-0.2, -0.15) is 0 Å². The molecule has 2 atom stereocenters. The third-order valence-corrected chi connectivity index (χ3v) is 9.27. The van der Waals surface area contributed by atoms with E-state index in [-0.39, 0.29) is 5.04 Å². The van der Waals surface area contributed by atoms with Gasteiger partial charge in [0.15, 0.2) is 20.2 Å². The first-order valence-corrected chi connectivity index (χ1v) is 10.9. The Bertz CT molecular complexity index is 592. The van der Waals surface area contributed by atoms with Gasteiger partial charge in [0.2, 0.25) is 0 Å². The van der Waals surface area contributed by atoms with E-state index in [9.17, 15) is 4.79 Å². The van der Waals surface area contributed by atoms with Crippen LogP contribution in [0.5, 0.6) is 0 Å². The topological polar surface area (TPSA) is 47.6 Å². The maximum atomic E-state index is 11.9. The Kier molecular flexibility index (Phi) is 4.85. The van der Waals surface area contributed by atoms with Gasteiger partial charge in [0.1, 0.15) is 6.10 Å². The van der Waals surface area contributed by atoms with Crippen LogP contribution in [0.4, 0.5) is 0 Å². The molecule has 126 valence electrons. The molecule has 1 heterocycles. The number of nitrogens with one attached hydrogen (secondary N) is 1. The van der Waals surface area contributed by atoms with E-state index in [2.05, 4.69) is 39.3 Å². The van der Waals surface area contributed by atoms with Crippen molar-refractivity contribution in [1.29, 1.82) is 0 Å². The molecule has 1 aromatic carbocycles.